The molecule has 0 spiro atoms. The predicted octanol–water partition coefficient (Wildman–Crippen LogP) is 2.36. The van der Waals surface area contributed by atoms with Crippen molar-refractivity contribution in [2.24, 2.45) is 0 Å². The minimum Gasteiger partial charge on any atom is -0.488 e. The number of hydrogen-bond acceptors (Lipinski definition) is 8. The molecular formula is C20H25N5O4. The van der Waals surface area contributed by atoms with Gasteiger partial charge in [-0.25, -0.2) is 4.68 Å². The lowest BCUT2D eigenvalue weighted by Crippen LogP contribution is -2.37. The monoisotopic (exact) mass is 399 g/mol. The maximum Gasteiger partial charge on any atom is 0.243 e. The van der Waals surface area contributed by atoms with Crippen molar-refractivity contribution in [1.82, 2.24) is 20.2 Å². The number of rotatable bonds is 3. The number of benzene rings is 1. The highest BCUT2D eigenvalue weighted by atomic mass is 16.5. The minimum atomic E-state index is -0.353. The number of morpholine rings is 1. The summed E-state index contributed by atoms with van der Waals surface area (Å²) < 4.78 is 18.9. The molecule has 154 valence electrons. The average molecular weight is 399 g/mol. The first kappa shape index (κ1) is 19.4. The van der Waals surface area contributed by atoms with Crippen LogP contribution < -0.4 is 15.1 Å². The Morgan fingerprint density at radius 2 is 1.90 bits per heavy atom. The molecule has 0 atom stereocenters. The molecule has 4 rings (SSSR count). The van der Waals surface area contributed by atoms with Crippen molar-refractivity contribution < 1.29 is 13.9 Å². The molecule has 9 nitrogen and oxygen atoms in total. The zero-order valence-electron chi connectivity index (χ0n) is 17.4. The van der Waals surface area contributed by atoms with Gasteiger partial charge in [-0.05, 0) is 49.8 Å². The topological polar surface area (TPSA) is 95.5 Å². The number of tetrazole rings is 1. The molecule has 0 amide bonds. The van der Waals surface area contributed by atoms with Crippen molar-refractivity contribution in [1.29, 1.82) is 0 Å². The number of anilines is 1. The second-order valence-corrected chi connectivity index (χ2v) is 8.09. The number of aryl methyl sites for hydroxylation is 1. The predicted molar refractivity (Wildman–Crippen MR) is 109 cm³/mol. The Morgan fingerprint density at radius 3 is 2.55 bits per heavy atom. The fourth-order valence-corrected chi connectivity index (χ4v) is 3.55. The molecule has 0 aliphatic carbocycles. The third kappa shape index (κ3) is 3.25. The molecule has 1 aliphatic rings. The summed E-state index contributed by atoms with van der Waals surface area (Å²) in [5.74, 6) is 1.13. The number of ether oxygens (including phenoxy) is 2. The van der Waals surface area contributed by atoms with Crippen LogP contribution >= 0.6 is 0 Å². The van der Waals surface area contributed by atoms with E-state index in [0.717, 1.165) is 5.56 Å². The van der Waals surface area contributed by atoms with Crippen LogP contribution in [0, 0.1) is 6.92 Å². The maximum atomic E-state index is 13.5. The summed E-state index contributed by atoms with van der Waals surface area (Å²) in [6.45, 7) is 10.3. The van der Waals surface area contributed by atoms with E-state index in [-0.39, 0.29) is 16.7 Å². The molecule has 1 aromatic carbocycles. The highest BCUT2D eigenvalue weighted by Gasteiger charge is 2.28. The Balaban J connectivity index is 2.02. The van der Waals surface area contributed by atoms with Crippen LogP contribution in [0.1, 0.15) is 26.3 Å². The summed E-state index contributed by atoms with van der Waals surface area (Å²) in [6, 6.07) is 3.77. The van der Waals surface area contributed by atoms with E-state index in [1.54, 1.807) is 4.68 Å². The molecule has 0 unspecified atom stereocenters. The van der Waals surface area contributed by atoms with Gasteiger partial charge in [0.15, 0.2) is 5.82 Å². The second-order valence-electron chi connectivity index (χ2n) is 8.09. The van der Waals surface area contributed by atoms with E-state index in [1.165, 1.54) is 7.11 Å². The van der Waals surface area contributed by atoms with Gasteiger partial charge in [0.25, 0.3) is 0 Å². The fraction of sp³-hybridized carbons (Fsp3) is 0.500. The Morgan fingerprint density at radius 1 is 1.17 bits per heavy atom. The third-order valence-electron chi connectivity index (χ3n) is 5.03. The molecule has 1 fully saturated rings. The van der Waals surface area contributed by atoms with Crippen LogP contribution in [0.25, 0.3) is 22.4 Å². The van der Waals surface area contributed by atoms with E-state index in [2.05, 4.69) is 15.5 Å². The first-order valence-corrected chi connectivity index (χ1v) is 9.59. The molecule has 3 aromatic rings. The summed E-state index contributed by atoms with van der Waals surface area (Å²) in [5.41, 5.74) is 1.39. The van der Waals surface area contributed by atoms with Crippen molar-refractivity contribution in [3.8, 4) is 17.1 Å². The maximum absolute atomic E-state index is 13.5. The standard InChI is InChI=1S/C20H25N5O4/c1-12-6-7-13(18-21-22-23-25(18)20(2,3)4)14-15(26)17(27-5)19(29-16(12)14)24-8-10-28-11-9-24/h6-7H,8-11H2,1-5H3. The Bertz CT molecular complexity index is 1110. The number of methoxy groups -OCH3 is 1. The Kier molecular flexibility index (Phi) is 4.77. The van der Waals surface area contributed by atoms with Gasteiger partial charge in [0, 0.05) is 18.7 Å². The van der Waals surface area contributed by atoms with Crippen LogP contribution in [0.4, 0.5) is 5.88 Å². The van der Waals surface area contributed by atoms with Crippen molar-refractivity contribution in [2.45, 2.75) is 33.2 Å². The minimum absolute atomic E-state index is 0.182. The fourth-order valence-electron chi connectivity index (χ4n) is 3.55. The Hall–Kier alpha value is -2.94. The van der Waals surface area contributed by atoms with Gasteiger partial charge in [0.05, 0.1) is 31.2 Å². The van der Waals surface area contributed by atoms with Gasteiger partial charge < -0.3 is 18.8 Å². The van der Waals surface area contributed by atoms with Crippen molar-refractivity contribution in [3.63, 3.8) is 0 Å². The van der Waals surface area contributed by atoms with Gasteiger partial charge in [0.2, 0.25) is 17.1 Å². The molecule has 29 heavy (non-hydrogen) atoms. The lowest BCUT2D eigenvalue weighted by molar-refractivity contribution is 0.120. The molecule has 0 bridgehead atoms. The summed E-state index contributed by atoms with van der Waals surface area (Å²) in [7, 11) is 1.48. The normalized spacial score (nSPS) is 15.1. The van der Waals surface area contributed by atoms with E-state index < -0.39 is 0 Å². The zero-order chi connectivity index (χ0) is 20.8. The zero-order valence-corrected chi connectivity index (χ0v) is 17.4. The largest absolute Gasteiger partial charge is 0.488 e. The van der Waals surface area contributed by atoms with E-state index in [0.29, 0.717) is 54.5 Å². The van der Waals surface area contributed by atoms with E-state index >= 15 is 0 Å². The molecule has 1 saturated heterocycles. The molecule has 1 aliphatic heterocycles. The third-order valence-corrected chi connectivity index (χ3v) is 5.03. The smallest absolute Gasteiger partial charge is 0.243 e. The van der Waals surface area contributed by atoms with Gasteiger partial charge in [-0.15, -0.1) is 5.10 Å². The van der Waals surface area contributed by atoms with Crippen LogP contribution in [0.5, 0.6) is 5.75 Å². The average Bonchev–Trinajstić information content (AvgIpc) is 3.19. The summed E-state index contributed by atoms with van der Waals surface area (Å²) in [4.78, 5) is 15.5. The number of aromatic nitrogens is 4. The highest BCUT2D eigenvalue weighted by molar-refractivity contribution is 5.95. The highest BCUT2D eigenvalue weighted by Crippen LogP contribution is 2.35. The van der Waals surface area contributed by atoms with Crippen LogP contribution in [0.15, 0.2) is 21.3 Å². The molecule has 9 heteroatoms. The number of nitrogens with zero attached hydrogens (tertiary/aromatic N) is 5. The van der Waals surface area contributed by atoms with Crippen LogP contribution in [0.2, 0.25) is 0 Å². The van der Waals surface area contributed by atoms with Crippen molar-refractivity contribution in [2.75, 3.05) is 38.3 Å². The van der Waals surface area contributed by atoms with Gasteiger partial charge >= 0.3 is 0 Å². The van der Waals surface area contributed by atoms with Gasteiger partial charge in [-0.2, -0.15) is 0 Å². The SMILES string of the molecule is COc1c(N2CCOCC2)oc2c(C)ccc(-c3nnnn3C(C)(C)C)c2c1=O. The summed E-state index contributed by atoms with van der Waals surface area (Å²) in [5, 5.41) is 12.6. The molecular weight excluding hydrogens is 374 g/mol. The van der Waals surface area contributed by atoms with E-state index in [1.807, 2.05) is 44.7 Å². The van der Waals surface area contributed by atoms with Gasteiger partial charge in [0.1, 0.15) is 5.58 Å². The van der Waals surface area contributed by atoms with Crippen LogP contribution in [-0.4, -0.2) is 53.6 Å². The van der Waals surface area contributed by atoms with Gasteiger partial charge in [-0.3, -0.25) is 4.79 Å². The van der Waals surface area contributed by atoms with Crippen molar-refractivity contribution in [3.05, 3.63) is 27.9 Å². The van der Waals surface area contributed by atoms with Crippen molar-refractivity contribution >= 4 is 16.9 Å². The lowest BCUT2D eigenvalue weighted by atomic mass is 10.0. The molecule has 0 N–H and O–H groups in total. The van der Waals surface area contributed by atoms with E-state index in [9.17, 15) is 4.79 Å². The summed E-state index contributed by atoms with van der Waals surface area (Å²) in [6.07, 6.45) is 0. The molecule has 3 heterocycles. The first-order valence-electron chi connectivity index (χ1n) is 9.59. The Labute approximate surface area is 168 Å². The molecule has 2 aromatic heterocycles. The van der Waals surface area contributed by atoms with E-state index in [4.69, 9.17) is 13.9 Å². The molecule has 0 radical (unpaired) electrons. The number of fused-ring (bicyclic) bond motifs is 1. The first-order chi connectivity index (χ1) is 13.8. The number of hydrogen-bond donors (Lipinski definition) is 0. The molecule has 0 saturated carbocycles. The quantitative estimate of drug-likeness (QED) is 0.662. The van der Waals surface area contributed by atoms with Crippen LogP contribution in [0.3, 0.4) is 0 Å². The second kappa shape index (κ2) is 7.14. The van der Waals surface area contributed by atoms with Gasteiger partial charge in [-0.1, -0.05) is 6.07 Å². The van der Waals surface area contributed by atoms with Crippen LogP contribution in [-0.2, 0) is 10.3 Å². The summed E-state index contributed by atoms with van der Waals surface area (Å²) >= 11 is 0. The lowest BCUT2D eigenvalue weighted by Gasteiger charge is -2.28.